The minimum Gasteiger partial charge on any atom is -0.493 e. The first kappa shape index (κ1) is 16.2. The Morgan fingerprint density at radius 2 is 1.92 bits per heavy atom. The number of aromatic nitrogens is 2. The Balaban J connectivity index is 1.86. The molecule has 0 bridgehead atoms. The predicted octanol–water partition coefficient (Wildman–Crippen LogP) is 3.46. The number of methoxy groups -OCH3 is 2. The van der Waals surface area contributed by atoms with Crippen LogP contribution in [0.3, 0.4) is 0 Å². The van der Waals surface area contributed by atoms with Gasteiger partial charge < -0.3 is 19.2 Å². The Morgan fingerprint density at radius 3 is 2.69 bits per heavy atom. The van der Waals surface area contributed by atoms with Crippen LogP contribution in [0.1, 0.15) is 16.7 Å². The maximum absolute atomic E-state index is 12.7. The van der Waals surface area contributed by atoms with Crippen LogP contribution in [0.5, 0.6) is 23.1 Å². The lowest BCUT2D eigenvalue weighted by molar-refractivity contribution is 0.356. The average Bonchev–Trinajstić information content (AvgIpc) is 2.66. The van der Waals surface area contributed by atoms with Gasteiger partial charge >= 0.3 is 0 Å². The largest absolute Gasteiger partial charge is 0.493 e. The molecule has 0 atom stereocenters. The fourth-order valence-corrected chi connectivity index (χ4v) is 3.20. The molecule has 0 spiro atoms. The average molecular weight is 350 g/mol. The van der Waals surface area contributed by atoms with Crippen LogP contribution in [-0.2, 0) is 6.42 Å². The zero-order valence-corrected chi connectivity index (χ0v) is 14.8. The Morgan fingerprint density at radius 1 is 1.12 bits per heavy atom. The summed E-state index contributed by atoms with van der Waals surface area (Å²) in [7, 11) is 3.11. The smallest absolute Gasteiger partial charge is 0.258 e. The first-order valence-corrected chi connectivity index (χ1v) is 8.23. The van der Waals surface area contributed by atoms with Crippen molar-refractivity contribution in [2.24, 2.45) is 0 Å². The van der Waals surface area contributed by atoms with Crippen molar-refractivity contribution in [2.75, 3.05) is 14.2 Å². The van der Waals surface area contributed by atoms with E-state index in [9.17, 15) is 4.79 Å². The van der Waals surface area contributed by atoms with Crippen molar-refractivity contribution in [1.82, 2.24) is 9.97 Å². The van der Waals surface area contributed by atoms with Crippen LogP contribution in [0.4, 0.5) is 0 Å². The first-order chi connectivity index (χ1) is 12.6. The first-order valence-electron chi connectivity index (χ1n) is 8.23. The Kier molecular flexibility index (Phi) is 3.88. The molecule has 0 saturated heterocycles. The highest BCUT2D eigenvalue weighted by Crippen LogP contribution is 2.39. The normalized spacial score (nSPS) is 12.0. The van der Waals surface area contributed by atoms with Crippen LogP contribution < -0.4 is 19.8 Å². The van der Waals surface area contributed by atoms with Gasteiger partial charge in [-0.25, -0.2) is 0 Å². The fourth-order valence-electron chi connectivity index (χ4n) is 3.20. The number of aryl methyl sites for hydroxylation is 1. The molecule has 26 heavy (non-hydrogen) atoms. The van der Waals surface area contributed by atoms with Gasteiger partial charge in [-0.3, -0.25) is 4.79 Å². The number of nitrogens with one attached hydrogen (secondary N) is 1. The quantitative estimate of drug-likeness (QED) is 0.612. The van der Waals surface area contributed by atoms with E-state index in [-0.39, 0.29) is 5.56 Å². The summed E-state index contributed by atoms with van der Waals surface area (Å²) in [6.07, 6.45) is 0.490. The molecule has 6 nitrogen and oxygen atoms in total. The van der Waals surface area contributed by atoms with Gasteiger partial charge in [0.15, 0.2) is 11.5 Å². The third-order valence-corrected chi connectivity index (χ3v) is 4.50. The molecule has 132 valence electrons. The van der Waals surface area contributed by atoms with E-state index >= 15 is 0 Å². The number of H-pyrrole nitrogens is 1. The van der Waals surface area contributed by atoms with Gasteiger partial charge in [0, 0.05) is 6.42 Å². The zero-order chi connectivity index (χ0) is 18.3. The summed E-state index contributed by atoms with van der Waals surface area (Å²) in [5.41, 5.74) is 2.92. The maximum Gasteiger partial charge on any atom is 0.258 e. The number of aromatic amines is 1. The highest BCUT2D eigenvalue weighted by molar-refractivity contribution is 5.69. The van der Waals surface area contributed by atoms with Crippen LogP contribution >= 0.6 is 0 Å². The monoisotopic (exact) mass is 350 g/mol. The second-order valence-corrected chi connectivity index (χ2v) is 6.08. The molecule has 0 aliphatic carbocycles. The van der Waals surface area contributed by atoms with E-state index in [1.807, 2.05) is 37.3 Å². The summed E-state index contributed by atoms with van der Waals surface area (Å²) < 4.78 is 16.8. The van der Waals surface area contributed by atoms with Gasteiger partial charge in [-0.15, -0.1) is 0 Å². The number of para-hydroxylation sites is 2. The molecule has 0 saturated carbocycles. The lowest BCUT2D eigenvalue weighted by Gasteiger charge is -2.21. The summed E-state index contributed by atoms with van der Waals surface area (Å²) in [6.45, 7) is 1.98. The number of ether oxygens (including phenoxy) is 3. The Labute approximate surface area is 150 Å². The minimum atomic E-state index is -0.220. The number of nitrogens with zero attached hydrogens (tertiary/aromatic N) is 1. The third kappa shape index (κ3) is 2.50. The van der Waals surface area contributed by atoms with E-state index in [0.717, 1.165) is 16.9 Å². The van der Waals surface area contributed by atoms with Gasteiger partial charge in [0.25, 0.3) is 5.56 Å². The van der Waals surface area contributed by atoms with Crippen LogP contribution in [0.2, 0.25) is 0 Å². The highest BCUT2D eigenvalue weighted by Gasteiger charge is 2.24. The second-order valence-electron chi connectivity index (χ2n) is 6.08. The van der Waals surface area contributed by atoms with Crippen molar-refractivity contribution in [1.29, 1.82) is 0 Å². The fraction of sp³-hybridized carbons (Fsp3) is 0.200. The lowest BCUT2D eigenvalue weighted by Crippen LogP contribution is -2.20. The van der Waals surface area contributed by atoms with E-state index in [4.69, 9.17) is 14.2 Å². The molecule has 2 heterocycles. The number of hydrogen-bond donors (Lipinski definition) is 1. The number of hydrogen-bond acceptors (Lipinski definition) is 5. The van der Waals surface area contributed by atoms with Crippen molar-refractivity contribution >= 4 is 0 Å². The Bertz CT molecular complexity index is 1060. The van der Waals surface area contributed by atoms with Crippen molar-refractivity contribution in [3.63, 3.8) is 0 Å². The molecule has 1 aliphatic rings. The molecule has 4 rings (SSSR count). The van der Waals surface area contributed by atoms with Gasteiger partial charge in [0.1, 0.15) is 11.6 Å². The molecule has 1 aliphatic heterocycles. The number of rotatable bonds is 3. The highest BCUT2D eigenvalue weighted by atomic mass is 16.5. The Hall–Kier alpha value is -3.28. The molecule has 0 fully saturated rings. The van der Waals surface area contributed by atoms with E-state index in [1.165, 1.54) is 0 Å². The van der Waals surface area contributed by atoms with Crippen LogP contribution in [-0.4, -0.2) is 24.2 Å². The summed E-state index contributed by atoms with van der Waals surface area (Å²) in [4.78, 5) is 20.1. The van der Waals surface area contributed by atoms with Crippen molar-refractivity contribution in [2.45, 2.75) is 13.3 Å². The van der Waals surface area contributed by atoms with Gasteiger partial charge in [-0.05, 0) is 30.2 Å². The molecule has 0 unspecified atom stereocenters. The third-order valence-electron chi connectivity index (χ3n) is 4.50. The lowest BCUT2D eigenvalue weighted by atomic mass is 10.0. The molecular formula is C20H18N2O4. The molecule has 6 heteroatoms. The van der Waals surface area contributed by atoms with Crippen molar-refractivity contribution in [3.8, 4) is 34.5 Å². The van der Waals surface area contributed by atoms with Gasteiger partial charge in [-0.1, -0.05) is 24.3 Å². The molecule has 0 radical (unpaired) electrons. The molecule has 3 aromatic rings. The molecule has 0 amide bonds. The molecular weight excluding hydrogens is 332 g/mol. The van der Waals surface area contributed by atoms with E-state index in [0.29, 0.717) is 40.8 Å². The SMILES string of the molecule is COc1cccc(-c2nc3c(c(=O)[nH]2)Cc2cccc(C)c2O3)c1OC. The zero-order valence-electron chi connectivity index (χ0n) is 14.8. The number of fused-ring (bicyclic) bond motifs is 2. The number of benzene rings is 2. The van der Waals surface area contributed by atoms with Crippen LogP contribution in [0.15, 0.2) is 41.2 Å². The van der Waals surface area contributed by atoms with E-state index < -0.39 is 0 Å². The summed E-state index contributed by atoms with van der Waals surface area (Å²) in [5, 5.41) is 0. The standard InChI is InChI=1S/C20H18N2O4/c1-11-6-4-7-12-10-14-19(23)21-18(22-20(14)26-16(11)12)13-8-5-9-15(24-2)17(13)25-3/h4-9H,10H2,1-3H3,(H,21,22,23). The van der Waals surface area contributed by atoms with Crippen LogP contribution in [0.25, 0.3) is 11.4 Å². The molecule has 1 N–H and O–H groups in total. The van der Waals surface area contributed by atoms with Crippen molar-refractivity contribution < 1.29 is 14.2 Å². The van der Waals surface area contributed by atoms with Crippen molar-refractivity contribution in [3.05, 3.63) is 63.4 Å². The molecule has 2 aromatic carbocycles. The van der Waals surface area contributed by atoms with Gasteiger partial charge in [0.05, 0.1) is 25.3 Å². The second kappa shape index (κ2) is 6.22. The molecule has 1 aromatic heterocycles. The maximum atomic E-state index is 12.7. The summed E-state index contributed by atoms with van der Waals surface area (Å²) in [6, 6.07) is 11.3. The predicted molar refractivity (Wildman–Crippen MR) is 97.5 cm³/mol. The minimum absolute atomic E-state index is 0.220. The summed E-state index contributed by atoms with van der Waals surface area (Å²) in [5.74, 6) is 2.54. The van der Waals surface area contributed by atoms with E-state index in [2.05, 4.69) is 9.97 Å². The van der Waals surface area contributed by atoms with Crippen LogP contribution in [0, 0.1) is 6.92 Å². The van der Waals surface area contributed by atoms with Gasteiger partial charge in [-0.2, -0.15) is 4.98 Å². The van der Waals surface area contributed by atoms with E-state index in [1.54, 1.807) is 20.3 Å². The topological polar surface area (TPSA) is 73.4 Å². The summed E-state index contributed by atoms with van der Waals surface area (Å²) >= 11 is 0. The van der Waals surface area contributed by atoms with Gasteiger partial charge in [0.2, 0.25) is 5.88 Å².